The number of ether oxygens (including phenoxy) is 2. The molecule has 1 saturated heterocycles. The zero-order valence-electron chi connectivity index (χ0n) is 26.0. The quantitative estimate of drug-likeness (QED) is 0.210. The Hall–Kier alpha value is -4.70. The number of nitrogens with one attached hydrogen (secondary N) is 1. The van der Waals surface area contributed by atoms with Gasteiger partial charge < -0.3 is 14.8 Å². The van der Waals surface area contributed by atoms with Crippen molar-refractivity contribution in [1.29, 1.82) is 0 Å². The van der Waals surface area contributed by atoms with E-state index >= 15 is 4.39 Å². The lowest BCUT2D eigenvalue weighted by Crippen LogP contribution is -2.47. The van der Waals surface area contributed by atoms with Crippen molar-refractivity contribution < 1.29 is 31.5 Å². The van der Waals surface area contributed by atoms with Gasteiger partial charge in [0.25, 0.3) is 11.5 Å². The van der Waals surface area contributed by atoms with E-state index in [9.17, 15) is 22.4 Å². The average molecular weight is 696 g/mol. The third kappa shape index (κ3) is 7.23. The molecule has 3 aromatic heterocycles. The van der Waals surface area contributed by atoms with Crippen LogP contribution in [0, 0.1) is 11.6 Å². The van der Waals surface area contributed by atoms with Crippen molar-refractivity contribution in [3.63, 3.8) is 0 Å². The highest BCUT2D eigenvalue weighted by molar-refractivity contribution is 7.88. The summed E-state index contributed by atoms with van der Waals surface area (Å²) in [5.41, 5.74) is 0.124. The highest BCUT2D eigenvalue weighted by Crippen LogP contribution is 2.36. The number of carbonyl (C=O) groups excluding carboxylic acids is 1. The third-order valence-electron chi connectivity index (χ3n) is 7.70. The van der Waals surface area contributed by atoms with E-state index in [1.165, 1.54) is 75.1 Å². The molecular formula is C33H31F2N5O6S2. The summed E-state index contributed by atoms with van der Waals surface area (Å²) in [4.78, 5) is 34.3. The number of amides is 1. The Bertz CT molecular complexity index is 2150. The first kappa shape index (κ1) is 33.2. The second kappa shape index (κ2) is 13.8. The number of nitrogens with zero attached hydrogens (tertiary/aromatic N) is 4. The van der Waals surface area contributed by atoms with Crippen LogP contribution in [0.5, 0.6) is 17.2 Å². The van der Waals surface area contributed by atoms with Crippen LogP contribution in [0.25, 0.3) is 15.9 Å². The van der Waals surface area contributed by atoms with E-state index in [1.807, 2.05) is 6.07 Å². The molecule has 11 nitrogen and oxygen atoms in total. The zero-order chi connectivity index (χ0) is 34.0. The Morgan fingerprint density at radius 1 is 0.979 bits per heavy atom. The number of fused-ring (bicyclic) bond motifs is 1. The summed E-state index contributed by atoms with van der Waals surface area (Å²) in [6, 6.07) is 14.2. The molecule has 0 radical (unpaired) electrons. The molecule has 0 unspecified atom stereocenters. The number of aromatic nitrogens is 2. The molecule has 0 saturated carbocycles. The number of pyridine rings is 2. The predicted octanol–water partition coefficient (Wildman–Crippen LogP) is 5.25. The number of hydrogen-bond acceptors (Lipinski definition) is 9. The summed E-state index contributed by atoms with van der Waals surface area (Å²) >= 11 is 1.46. The number of piperazine rings is 1. The fraction of sp³-hybridized carbons (Fsp3) is 0.242. The average Bonchev–Trinajstić information content (AvgIpc) is 3.46. The minimum atomic E-state index is -3.22. The van der Waals surface area contributed by atoms with Gasteiger partial charge in [0.2, 0.25) is 10.0 Å². The van der Waals surface area contributed by atoms with Crippen LogP contribution in [0.15, 0.2) is 77.9 Å². The zero-order valence-corrected chi connectivity index (χ0v) is 27.6. The van der Waals surface area contributed by atoms with Gasteiger partial charge in [-0.15, -0.1) is 11.3 Å². The van der Waals surface area contributed by atoms with E-state index in [0.29, 0.717) is 49.7 Å². The van der Waals surface area contributed by atoms with Crippen molar-refractivity contribution in [3.8, 4) is 22.9 Å². The van der Waals surface area contributed by atoms with Crippen molar-refractivity contribution in [2.24, 2.45) is 0 Å². The summed E-state index contributed by atoms with van der Waals surface area (Å²) in [7, 11) is -3.22. The first-order valence-electron chi connectivity index (χ1n) is 15.0. The molecule has 0 aliphatic carbocycles. The number of halogens is 2. The molecule has 1 N–H and O–H groups in total. The maximum Gasteiger partial charge on any atom is 0.271 e. The van der Waals surface area contributed by atoms with E-state index in [2.05, 4.69) is 15.2 Å². The predicted molar refractivity (Wildman–Crippen MR) is 179 cm³/mol. The molecule has 0 spiro atoms. The number of rotatable bonds is 10. The molecule has 48 heavy (non-hydrogen) atoms. The summed E-state index contributed by atoms with van der Waals surface area (Å²) in [5.74, 6) is -1.67. The van der Waals surface area contributed by atoms with Gasteiger partial charge in [0.15, 0.2) is 11.6 Å². The molecule has 4 heterocycles. The van der Waals surface area contributed by atoms with Gasteiger partial charge in [0.05, 0.1) is 23.1 Å². The van der Waals surface area contributed by atoms with Gasteiger partial charge >= 0.3 is 0 Å². The highest BCUT2D eigenvalue weighted by Gasteiger charge is 2.24. The fourth-order valence-corrected chi connectivity index (χ4v) is 7.28. The molecule has 6 rings (SSSR count). The van der Waals surface area contributed by atoms with Crippen molar-refractivity contribution in [1.82, 2.24) is 18.8 Å². The van der Waals surface area contributed by atoms with Gasteiger partial charge in [-0.1, -0.05) is 0 Å². The second-order valence-electron chi connectivity index (χ2n) is 11.0. The van der Waals surface area contributed by atoms with Gasteiger partial charge in [-0.25, -0.2) is 17.2 Å². The van der Waals surface area contributed by atoms with Gasteiger partial charge in [0.1, 0.15) is 22.9 Å². The highest BCUT2D eigenvalue weighted by atomic mass is 32.2. The molecule has 1 fully saturated rings. The Labute approximate surface area is 279 Å². The standard InChI is InChI=1S/C33H31F2N5O6S2/c1-3-45-28-11-13-40(23-7-4-21(34)5-8-23)33(42)30(28)32(41)37-22-6-9-27(25(35)18-22)46-29-10-12-36-26-19-24(47-31(26)29)20-38-14-16-39(17-15-38)48(2,43)44/h4-13,18-19H,3,14-17,20H2,1-2H3,(H,37,41). The summed E-state index contributed by atoms with van der Waals surface area (Å²) < 4.78 is 67.4. The maximum atomic E-state index is 15.4. The Balaban J connectivity index is 1.18. The number of sulfonamides is 1. The summed E-state index contributed by atoms with van der Waals surface area (Å²) in [6.45, 7) is 4.58. The first-order chi connectivity index (χ1) is 23.0. The molecule has 0 atom stereocenters. The number of thiophene rings is 1. The molecule has 0 bridgehead atoms. The number of carbonyl (C=O) groups is 1. The van der Waals surface area contributed by atoms with E-state index in [-0.39, 0.29) is 29.4 Å². The SMILES string of the molecule is CCOc1ccn(-c2ccc(F)cc2)c(=O)c1C(=O)Nc1ccc(Oc2ccnc3cc(CN4CCN(S(C)(=O)=O)CC4)sc23)c(F)c1. The third-order valence-corrected chi connectivity index (χ3v) is 10.1. The van der Waals surface area contributed by atoms with Gasteiger partial charge in [0, 0.05) is 73.5 Å². The smallest absolute Gasteiger partial charge is 0.271 e. The van der Waals surface area contributed by atoms with Crippen LogP contribution in [-0.2, 0) is 16.6 Å². The van der Waals surface area contributed by atoms with Crippen LogP contribution in [0.3, 0.4) is 0 Å². The van der Waals surface area contributed by atoms with Gasteiger partial charge in [-0.2, -0.15) is 4.31 Å². The summed E-state index contributed by atoms with van der Waals surface area (Å²) in [5, 5.41) is 2.56. The largest absolute Gasteiger partial charge is 0.493 e. The topological polar surface area (TPSA) is 123 Å². The summed E-state index contributed by atoms with van der Waals surface area (Å²) in [6.07, 6.45) is 4.21. The molecular weight excluding hydrogens is 665 g/mol. The van der Waals surface area contributed by atoms with Crippen LogP contribution in [0.4, 0.5) is 14.5 Å². The molecule has 5 aromatic rings. The van der Waals surface area contributed by atoms with Crippen molar-refractivity contribution >= 4 is 43.2 Å². The van der Waals surface area contributed by atoms with E-state index in [4.69, 9.17) is 9.47 Å². The second-order valence-corrected chi connectivity index (χ2v) is 14.1. The monoisotopic (exact) mass is 695 g/mol. The fourth-order valence-electron chi connectivity index (χ4n) is 5.34. The normalized spacial score (nSPS) is 14.2. The number of anilines is 1. The van der Waals surface area contributed by atoms with E-state index in [0.717, 1.165) is 15.6 Å². The first-order valence-corrected chi connectivity index (χ1v) is 17.6. The molecule has 15 heteroatoms. The van der Waals surface area contributed by atoms with E-state index in [1.54, 1.807) is 19.2 Å². The Morgan fingerprint density at radius 3 is 2.42 bits per heavy atom. The lowest BCUT2D eigenvalue weighted by Gasteiger charge is -2.32. The molecule has 1 amide bonds. The lowest BCUT2D eigenvalue weighted by atomic mass is 10.2. The van der Waals surface area contributed by atoms with Crippen molar-refractivity contribution in [2.75, 3.05) is 44.4 Å². The maximum absolute atomic E-state index is 15.4. The van der Waals surface area contributed by atoms with Crippen LogP contribution in [0.2, 0.25) is 0 Å². The van der Waals surface area contributed by atoms with Gasteiger partial charge in [-0.05, 0) is 55.5 Å². The minimum absolute atomic E-state index is 0.0481. The van der Waals surface area contributed by atoms with E-state index < -0.39 is 33.1 Å². The number of hydrogen-bond donors (Lipinski definition) is 1. The Morgan fingerprint density at radius 2 is 1.73 bits per heavy atom. The Kier molecular flexibility index (Phi) is 9.55. The molecule has 2 aromatic carbocycles. The minimum Gasteiger partial charge on any atom is -0.493 e. The van der Waals surface area contributed by atoms with Gasteiger partial charge in [-0.3, -0.25) is 24.0 Å². The lowest BCUT2D eigenvalue weighted by molar-refractivity contribution is 0.102. The van der Waals surface area contributed by atoms with Crippen LogP contribution in [0.1, 0.15) is 22.2 Å². The molecule has 1 aliphatic heterocycles. The number of benzene rings is 2. The van der Waals surface area contributed by atoms with Crippen LogP contribution >= 0.6 is 11.3 Å². The van der Waals surface area contributed by atoms with Crippen LogP contribution < -0.4 is 20.3 Å². The van der Waals surface area contributed by atoms with Crippen LogP contribution in [-0.4, -0.2) is 72.1 Å². The molecule has 1 aliphatic rings. The van der Waals surface area contributed by atoms with Crippen molar-refractivity contribution in [3.05, 3.63) is 105 Å². The molecule has 250 valence electrons. The van der Waals surface area contributed by atoms with Crippen molar-refractivity contribution in [2.45, 2.75) is 13.5 Å².